The van der Waals surface area contributed by atoms with E-state index < -0.39 is 23.6 Å². The van der Waals surface area contributed by atoms with Crippen molar-refractivity contribution in [2.24, 2.45) is 0 Å². The van der Waals surface area contributed by atoms with Gasteiger partial charge in [-0.3, -0.25) is 19.2 Å². The molecule has 0 aromatic heterocycles. The number of imide groups is 2. The normalized spacial score (nSPS) is 13.6. The van der Waals surface area contributed by atoms with Crippen LogP contribution >= 0.6 is 0 Å². The van der Waals surface area contributed by atoms with Crippen molar-refractivity contribution in [1.82, 2.24) is 0 Å². The molecule has 0 N–H and O–H groups in total. The Morgan fingerprint density at radius 3 is 0.983 bits per heavy atom. The van der Waals surface area contributed by atoms with Crippen LogP contribution in [0, 0.1) is 22.7 Å². The van der Waals surface area contributed by atoms with Gasteiger partial charge in [0.05, 0.1) is 45.8 Å². The number of anilines is 2. The predicted octanol–water partition coefficient (Wildman–Crippen LogP) is 12.0. The molecule has 2 aliphatic heterocycles. The van der Waals surface area contributed by atoms with Gasteiger partial charge in [0, 0.05) is 21.9 Å². The van der Waals surface area contributed by atoms with Gasteiger partial charge in [0.2, 0.25) is 0 Å². The molecular weight excluding hydrogens is 745 g/mol. The summed E-state index contributed by atoms with van der Waals surface area (Å²) in [6.45, 7) is 16.2. The van der Waals surface area contributed by atoms with Gasteiger partial charge in [-0.25, -0.2) is 9.80 Å². The summed E-state index contributed by atoms with van der Waals surface area (Å²) in [7, 11) is 0. The number of nitrogens with zero attached hydrogens (tertiary/aromatic N) is 4. The maximum atomic E-state index is 15.6. The summed E-state index contributed by atoms with van der Waals surface area (Å²) in [4.78, 5) is 64.6. The second-order valence-electron chi connectivity index (χ2n) is 16.9. The Hall–Kier alpha value is -7.16. The van der Waals surface area contributed by atoms with Gasteiger partial charge in [-0.1, -0.05) is 116 Å². The molecule has 0 atom stereocenters. The van der Waals surface area contributed by atoms with Gasteiger partial charge in [-0.15, -0.1) is 0 Å². The van der Waals surface area contributed by atoms with Crippen molar-refractivity contribution in [2.45, 2.75) is 79.1 Å². The third-order valence-corrected chi connectivity index (χ3v) is 11.9. The zero-order valence-electron chi connectivity index (χ0n) is 35.0. The summed E-state index contributed by atoms with van der Waals surface area (Å²) in [5, 5.41) is 19.9. The van der Waals surface area contributed by atoms with Crippen molar-refractivity contribution in [2.75, 3.05) is 9.80 Å². The molecule has 4 amide bonds. The molecule has 0 saturated heterocycles. The lowest BCUT2D eigenvalue weighted by molar-refractivity contribution is 0.0873. The van der Waals surface area contributed by atoms with E-state index >= 15 is 19.2 Å². The SMILES string of the molecule is CC(C)c1cccc(C(C)C)c1N1C(=O)c2cc(-c3ccc(C#N)cc3)c3c4c(cc(-c5ccc(C#N)cc5)c(c24)C1=O)C(=O)N(c1c(C(C)C)cccc1C(C)C)C3=O. The lowest BCUT2D eigenvalue weighted by Crippen LogP contribution is -2.45. The molecule has 2 aliphatic rings. The van der Waals surface area contributed by atoms with Crippen molar-refractivity contribution < 1.29 is 19.2 Å². The largest absolute Gasteiger partial charge is 0.268 e. The van der Waals surface area contributed by atoms with E-state index in [0.717, 1.165) is 22.3 Å². The minimum absolute atomic E-state index is 0.0473. The Morgan fingerprint density at radius 2 is 0.717 bits per heavy atom. The first-order valence-electron chi connectivity index (χ1n) is 20.4. The number of hydrogen-bond acceptors (Lipinski definition) is 6. The number of benzene rings is 6. The van der Waals surface area contributed by atoms with E-state index in [-0.39, 0.29) is 56.7 Å². The van der Waals surface area contributed by atoms with Crippen LogP contribution in [-0.4, -0.2) is 23.6 Å². The van der Waals surface area contributed by atoms with Gasteiger partial charge in [0.15, 0.2) is 0 Å². The first-order chi connectivity index (χ1) is 28.7. The Kier molecular flexibility index (Phi) is 9.85. The minimum atomic E-state index is -0.569. The highest BCUT2D eigenvalue weighted by Gasteiger charge is 2.45. The maximum absolute atomic E-state index is 15.6. The molecule has 8 nitrogen and oxygen atoms in total. The van der Waals surface area contributed by atoms with Crippen LogP contribution in [0.2, 0.25) is 0 Å². The molecule has 60 heavy (non-hydrogen) atoms. The molecule has 0 radical (unpaired) electrons. The average Bonchev–Trinajstić information content (AvgIpc) is 3.24. The van der Waals surface area contributed by atoms with Crippen LogP contribution in [0.25, 0.3) is 33.0 Å². The van der Waals surface area contributed by atoms with Crippen LogP contribution in [0.1, 0.15) is 154 Å². The highest BCUT2D eigenvalue weighted by Crippen LogP contribution is 2.50. The van der Waals surface area contributed by atoms with Gasteiger partial charge in [0.1, 0.15) is 0 Å². The van der Waals surface area contributed by atoms with E-state index in [9.17, 15) is 10.5 Å². The Bertz CT molecular complexity index is 2670. The van der Waals surface area contributed by atoms with E-state index in [4.69, 9.17) is 0 Å². The third kappa shape index (κ3) is 6.02. The van der Waals surface area contributed by atoms with Gasteiger partial charge in [-0.2, -0.15) is 10.5 Å². The molecule has 0 aliphatic carbocycles. The van der Waals surface area contributed by atoms with Crippen LogP contribution in [0.3, 0.4) is 0 Å². The van der Waals surface area contributed by atoms with Gasteiger partial charge < -0.3 is 0 Å². The topological polar surface area (TPSA) is 122 Å². The van der Waals surface area contributed by atoms with Crippen LogP contribution in [0.15, 0.2) is 97.1 Å². The highest BCUT2D eigenvalue weighted by atomic mass is 16.2. The van der Waals surface area contributed by atoms with Crippen molar-refractivity contribution in [3.63, 3.8) is 0 Å². The fourth-order valence-corrected chi connectivity index (χ4v) is 8.92. The molecule has 6 aromatic rings. The van der Waals surface area contributed by atoms with Crippen LogP contribution in [-0.2, 0) is 0 Å². The van der Waals surface area contributed by atoms with E-state index in [1.807, 2.05) is 91.8 Å². The second kappa shape index (κ2) is 14.9. The van der Waals surface area contributed by atoms with Gasteiger partial charge in [-0.05, 0) is 105 Å². The zero-order chi connectivity index (χ0) is 42.9. The molecule has 0 saturated carbocycles. The fourth-order valence-electron chi connectivity index (χ4n) is 8.92. The van der Waals surface area contributed by atoms with Crippen molar-refractivity contribution in [1.29, 1.82) is 10.5 Å². The second-order valence-corrected chi connectivity index (χ2v) is 16.9. The minimum Gasteiger partial charge on any atom is -0.268 e. The molecule has 0 fully saturated rings. The molecule has 2 heterocycles. The van der Waals surface area contributed by atoms with Crippen molar-refractivity contribution in [3.05, 3.63) is 153 Å². The molecule has 0 spiro atoms. The number of rotatable bonds is 8. The van der Waals surface area contributed by atoms with E-state index in [0.29, 0.717) is 44.8 Å². The summed E-state index contributed by atoms with van der Waals surface area (Å²) < 4.78 is 0. The van der Waals surface area contributed by atoms with Crippen molar-refractivity contribution >= 4 is 45.8 Å². The van der Waals surface area contributed by atoms with Gasteiger partial charge in [0.25, 0.3) is 23.6 Å². The number of para-hydroxylation sites is 2. The fraction of sp³-hybridized carbons (Fsp3) is 0.231. The number of carbonyl (C=O) groups is 4. The van der Waals surface area contributed by atoms with E-state index in [2.05, 4.69) is 12.1 Å². The van der Waals surface area contributed by atoms with E-state index in [1.165, 1.54) is 9.80 Å². The van der Waals surface area contributed by atoms with Crippen LogP contribution < -0.4 is 9.80 Å². The zero-order valence-corrected chi connectivity index (χ0v) is 35.0. The van der Waals surface area contributed by atoms with Crippen LogP contribution in [0.4, 0.5) is 11.4 Å². The Balaban J connectivity index is 1.55. The van der Waals surface area contributed by atoms with Crippen molar-refractivity contribution in [3.8, 4) is 34.4 Å². The molecular formula is C52H44N4O4. The summed E-state index contributed by atoms with van der Waals surface area (Å²) in [6.07, 6.45) is 0. The number of carbonyl (C=O) groups excluding carboxylic acids is 4. The predicted molar refractivity (Wildman–Crippen MR) is 236 cm³/mol. The quantitative estimate of drug-likeness (QED) is 0.142. The lowest BCUT2D eigenvalue weighted by Gasteiger charge is -2.37. The molecule has 8 heteroatoms. The summed E-state index contributed by atoms with van der Waals surface area (Å²) in [5.41, 5.74) is 7.85. The Morgan fingerprint density at radius 1 is 0.417 bits per heavy atom. The molecule has 0 bridgehead atoms. The summed E-state index contributed by atoms with van der Waals surface area (Å²) in [5.74, 6) is -2.46. The third-order valence-electron chi connectivity index (χ3n) is 11.9. The molecule has 8 rings (SSSR count). The van der Waals surface area contributed by atoms with E-state index in [1.54, 1.807) is 60.7 Å². The summed E-state index contributed by atoms with van der Waals surface area (Å²) in [6, 6.07) is 33.0. The summed E-state index contributed by atoms with van der Waals surface area (Å²) >= 11 is 0. The number of amides is 4. The lowest BCUT2D eigenvalue weighted by atomic mass is 9.78. The average molecular weight is 789 g/mol. The molecule has 6 aromatic carbocycles. The smallest absolute Gasteiger partial charge is 0.266 e. The van der Waals surface area contributed by atoms with Gasteiger partial charge >= 0.3 is 0 Å². The first kappa shape index (κ1) is 39.7. The molecule has 296 valence electrons. The maximum Gasteiger partial charge on any atom is 0.266 e. The standard InChI is InChI=1S/C52H44N4O4/c1-27(2)35-11-9-12-36(28(3)4)47(35)55-49(57)41-23-40(34-21-17-32(26-54)18-22-34)46-44-42(24-39(45(43(41)44)51(55)59)33-19-15-31(25-53)16-20-33)50(58)56(52(46)60)48-37(29(5)6)13-10-14-38(48)30(7)8/h9-24,27-30H,1-8H3. The first-order valence-corrected chi connectivity index (χ1v) is 20.4. The number of nitriles is 2. The molecule has 0 unspecified atom stereocenters. The Labute approximate surface area is 350 Å². The number of hydrogen-bond donors (Lipinski definition) is 0. The monoisotopic (exact) mass is 788 g/mol. The van der Waals surface area contributed by atoms with Crippen LogP contribution in [0.5, 0.6) is 0 Å². The highest BCUT2D eigenvalue weighted by molar-refractivity contribution is 6.45.